The average molecular weight is 260 g/mol. The molecule has 0 aliphatic heterocycles. The van der Waals surface area contributed by atoms with Crippen molar-refractivity contribution in [3.8, 4) is 11.1 Å². The summed E-state index contributed by atoms with van der Waals surface area (Å²) in [5, 5.41) is 0.916. The molecule has 3 aromatic heterocycles. The Morgan fingerprint density at radius 1 is 1.00 bits per heavy atom. The second-order valence-corrected chi connectivity index (χ2v) is 3.72. The van der Waals surface area contributed by atoms with Gasteiger partial charge in [0.25, 0.3) is 0 Å². The molecule has 3 aromatic rings. The molecule has 5 heteroatoms. The number of halogens is 1. The molecule has 0 bridgehead atoms. The molecule has 18 heavy (non-hydrogen) atoms. The predicted molar refractivity (Wildman–Crippen MR) is 72.8 cm³/mol. The van der Waals surface area contributed by atoms with Crippen molar-refractivity contribution in [2.45, 2.75) is 0 Å². The van der Waals surface area contributed by atoms with Crippen molar-refractivity contribution in [1.82, 2.24) is 15.0 Å². The van der Waals surface area contributed by atoms with Gasteiger partial charge in [-0.05, 0) is 29.8 Å². The molecule has 0 aromatic carbocycles. The van der Waals surface area contributed by atoms with Crippen LogP contribution in [-0.2, 0) is 0 Å². The number of H-pyrrole nitrogens is 1. The summed E-state index contributed by atoms with van der Waals surface area (Å²) in [7, 11) is 0. The zero-order valence-corrected chi connectivity index (χ0v) is 10.1. The van der Waals surface area contributed by atoms with Crippen molar-refractivity contribution in [1.29, 1.82) is 0 Å². The second-order valence-electron chi connectivity index (χ2n) is 3.72. The summed E-state index contributed by atoms with van der Waals surface area (Å²) >= 11 is 0. The standard InChI is InChI=1S/C13H9N3O.ClH/c17-12-2-1-10-7-11(8-15-13(10)16-12)9-3-5-14-6-4-9;/h1-8H,(H,15,16,17);1H. The molecule has 0 atom stereocenters. The first kappa shape index (κ1) is 12.3. The van der Waals surface area contributed by atoms with Crippen molar-refractivity contribution in [2.24, 2.45) is 0 Å². The van der Waals surface area contributed by atoms with Crippen LogP contribution in [0.3, 0.4) is 0 Å². The largest absolute Gasteiger partial charge is 0.307 e. The summed E-state index contributed by atoms with van der Waals surface area (Å²) in [5.74, 6) is 0. The van der Waals surface area contributed by atoms with Gasteiger partial charge in [-0.2, -0.15) is 0 Å². The van der Waals surface area contributed by atoms with E-state index in [4.69, 9.17) is 0 Å². The minimum atomic E-state index is -0.137. The fraction of sp³-hybridized carbons (Fsp3) is 0. The lowest BCUT2D eigenvalue weighted by Crippen LogP contribution is -2.03. The number of nitrogens with one attached hydrogen (secondary N) is 1. The number of nitrogens with zero attached hydrogens (tertiary/aromatic N) is 2. The monoisotopic (exact) mass is 259 g/mol. The second kappa shape index (κ2) is 4.98. The van der Waals surface area contributed by atoms with E-state index >= 15 is 0 Å². The maximum atomic E-state index is 11.1. The van der Waals surface area contributed by atoms with Crippen molar-refractivity contribution in [2.75, 3.05) is 0 Å². The number of fused-ring (bicyclic) bond motifs is 1. The van der Waals surface area contributed by atoms with E-state index in [0.717, 1.165) is 16.5 Å². The Balaban J connectivity index is 0.00000120. The van der Waals surface area contributed by atoms with Crippen LogP contribution >= 0.6 is 12.4 Å². The molecule has 0 spiro atoms. The highest BCUT2D eigenvalue weighted by atomic mass is 35.5. The number of aromatic nitrogens is 3. The molecule has 0 aliphatic rings. The van der Waals surface area contributed by atoms with Crippen LogP contribution in [0.5, 0.6) is 0 Å². The van der Waals surface area contributed by atoms with Gasteiger partial charge in [0.15, 0.2) is 0 Å². The van der Waals surface area contributed by atoms with Gasteiger partial charge < -0.3 is 4.98 Å². The summed E-state index contributed by atoms with van der Waals surface area (Å²) in [5.41, 5.74) is 2.53. The van der Waals surface area contributed by atoms with E-state index in [1.165, 1.54) is 6.07 Å². The number of pyridine rings is 3. The summed E-state index contributed by atoms with van der Waals surface area (Å²) < 4.78 is 0. The van der Waals surface area contributed by atoms with E-state index < -0.39 is 0 Å². The van der Waals surface area contributed by atoms with Crippen LogP contribution < -0.4 is 5.56 Å². The maximum absolute atomic E-state index is 11.1. The smallest absolute Gasteiger partial charge is 0.249 e. The minimum absolute atomic E-state index is 0. The summed E-state index contributed by atoms with van der Waals surface area (Å²) in [4.78, 5) is 22.0. The van der Waals surface area contributed by atoms with Crippen LogP contribution in [-0.4, -0.2) is 15.0 Å². The minimum Gasteiger partial charge on any atom is -0.307 e. The SMILES string of the molecule is Cl.O=c1ccc2cc(-c3ccncc3)cnc2[nH]1. The molecule has 0 fully saturated rings. The van der Waals surface area contributed by atoms with Gasteiger partial charge >= 0.3 is 0 Å². The zero-order valence-electron chi connectivity index (χ0n) is 9.33. The third kappa shape index (κ3) is 2.24. The lowest BCUT2D eigenvalue weighted by Gasteiger charge is -2.02. The highest BCUT2D eigenvalue weighted by Crippen LogP contribution is 2.20. The molecule has 4 nitrogen and oxygen atoms in total. The normalized spacial score (nSPS) is 10.0. The third-order valence-electron chi connectivity index (χ3n) is 2.59. The fourth-order valence-corrected chi connectivity index (χ4v) is 1.74. The van der Waals surface area contributed by atoms with Crippen LogP contribution in [0.25, 0.3) is 22.2 Å². The van der Waals surface area contributed by atoms with Crippen molar-refractivity contribution < 1.29 is 0 Å². The molecule has 0 radical (unpaired) electrons. The third-order valence-corrected chi connectivity index (χ3v) is 2.59. The van der Waals surface area contributed by atoms with Crippen LogP contribution in [0.2, 0.25) is 0 Å². The van der Waals surface area contributed by atoms with Crippen LogP contribution in [0.15, 0.2) is 53.7 Å². The van der Waals surface area contributed by atoms with E-state index in [1.807, 2.05) is 18.2 Å². The van der Waals surface area contributed by atoms with E-state index in [2.05, 4.69) is 15.0 Å². The van der Waals surface area contributed by atoms with E-state index in [-0.39, 0.29) is 18.0 Å². The fourth-order valence-electron chi connectivity index (χ4n) is 1.74. The molecular weight excluding hydrogens is 250 g/mol. The lowest BCUT2D eigenvalue weighted by molar-refractivity contribution is 1.23. The number of hydrogen-bond acceptors (Lipinski definition) is 3. The van der Waals surface area contributed by atoms with Gasteiger partial charge in [0.1, 0.15) is 5.65 Å². The molecule has 3 rings (SSSR count). The summed E-state index contributed by atoms with van der Waals surface area (Å²) in [6.45, 7) is 0. The van der Waals surface area contributed by atoms with E-state index in [1.54, 1.807) is 24.7 Å². The Hall–Kier alpha value is -2.20. The Labute approximate surface area is 109 Å². The lowest BCUT2D eigenvalue weighted by atomic mass is 10.1. The average Bonchev–Trinajstić information content (AvgIpc) is 2.39. The molecule has 0 saturated carbocycles. The number of rotatable bonds is 1. The van der Waals surface area contributed by atoms with Crippen LogP contribution in [0.4, 0.5) is 0 Å². The summed E-state index contributed by atoms with van der Waals surface area (Å²) in [6, 6.07) is 9.11. The maximum Gasteiger partial charge on any atom is 0.249 e. The Kier molecular flexibility index (Phi) is 3.39. The van der Waals surface area contributed by atoms with Crippen molar-refractivity contribution in [3.05, 3.63) is 59.3 Å². The zero-order chi connectivity index (χ0) is 11.7. The van der Waals surface area contributed by atoms with E-state index in [9.17, 15) is 4.79 Å². The molecule has 1 N–H and O–H groups in total. The first-order valence-electron chi connectivity index (χ1n) is 5.22. The molecule has 0 saturated heterocycles. The molecular formula is C13H10ClN3O. The Morgan fingerprint density at radius 3 is 2.56 bits per heavy atom. The van der Waals surface area contributed by atoms with Gasteiger partial charge in [0.2, 0.25) is 5.56 Å². The van der Waals surface area contributed by atoms with Gasteiger partial charge in [-0.25, -0.2) is 4.98 Å². The first-order chi connectivity index (χ1) is 8.33. The van der Waals surface area contributed by atoms with Gasteiger partial charge in [-0.1, -0.05) is 0 Å². The molecule has 90 valence electrons. The van der Waals surface area contributed by atoms with Gasteiger partial charge in [0, 0.05) is 35.6 Å². The highest BCUT2D eigenvalue weighted by Gasteiger charge is 2.00. The topological polar surface area (TPSA) is 58.6 Å². The molecule has 0 unspecified atom stereocenters. The van der Waals surface area contributed by atoms with Gasteiger partial charge in [0.05, 0.1) is 0 Å². The Morgan fingerprint density at radius 2 is 1.78 bits per heavy atom. The number of hydrogen-bond donors (Lipinski definition) is 1. The van der Waals surface area contributed by atoms with Gasteiger partial charge in [-0.15, -0.1) is 12.4 Å². The summed E-state index contributed by atoms with van der Waals surface area (Å²) in [6.07, 6.45) is 5.23. The van der Waals surface area contributed by atoms with Gasteiger partial charge in [-0.3, -0.25) is 9.78 Å². The van der Waals surface area contributed by atoms with E-state index in [0.29, 0.717) is 5.65 Å². The molecule has 3 heterocycles. The Bertz CT molecular complexity index is 725. The highest BCUT2D eigenvalue weighted by molar-refractivity contribution is 5.85. The van der Waals surface area contributed by atoms with Crippen LogP contribution in [0.1, 0.15) is 0 Å². The molecule has 0 aliphatic carbocycles. The molecule has 0 amide bonds. The number of aromatic amines is 1. The first-order valence-corrected chi connectivity index (χ1v) is 5.22. The predicted octanol–water partition coefficient (Wildman–Crippen LogP) is 2.41. The van der Waals surface area contributed by atoms with Crippen LogP contribution in [0, 0.1) is 0 Å². The quantitative estimate of drug-likeness (QED) is 0.730. The van der Waals surface area contributed by atoms with Crippen molar-refractivity contribution in [3.63, 3.8) is 0 Å². The van der Waals surface area contributed by atoms with Crippen molar-refractivity contribution >= 4 is 23.4 Å².